The average Bonchev–Trinajstić information content (AvgIpc) is 2.86. The summed E-state index contributed by atoms with van der Waals surface area (Å²) in [4.78, 5) is 17.7. The van der Waals surface area contributed by atoms with Gasteiger partial charge >= 0.3 is 5.97 Å². The van der Waals surface area contributed by atoms with E-state index in [-0.39, 0.29) is 0 Å². The zero-order valence-electron chi connectivity index (χ0n) is 10.8. The van der Waals surface area contributed by atoms with Crippen molar-refractivity contribution in [3.8, 4) is 0 Å². The summed E-state index contributed by atoms with van der Waals surface area (Å²) in [5, 5.41) is 10.1. The Labute approximate surface area is 111 Å². The molecule has 2 rings (SSSR count). The molecule has 1 N–H and O–H groups in total. The predicted molar refractivity (Wildman–Crippen MR) is 71.1 cm³/mol. The Bertz CT molecular complexity index is 421. The normalized spacial score (nSPS) is 24.2. The first kappa shape index (κ1) is 13.3. The number of aryl methyl sites for hydroxylation is 1. The zero-order valence-corrected chi connectivity index (χ0v) is 11.6. The fourth-order valence-corrected chi connectivity index (χ4v) is 3.20. The number of aromatic nitrogens is 2. The van der Waals surface area contributed by atoms with Crippen LogP contribution < -0.4 is 4.90 Å². The van der Waals surface area contributed by atoms with Gasteiger partial charge < -0.3 is 10.0 Å². The van der Waals surface area contributed by atoms with E-state index in [4.69, 9.17) is 0 Å². The lowest BCUT2D eigenvalue weighted by Gasteiger charge is -2.36. The van der Waals surface area contributed by atoms with Crippen LogP contribution in [-0.2, 0) is 11.2 Å². The fraction of sp³-hybridized carbons (Fsp3) is 0.750. The third-order valence-electron chi connectivity index (χ3n) is 3.59. The number of aliphatic carboxylic acids is 1. The van der Waals surface area contributed by atoms with Gasteiger partial charge in [-0.05, 0) is 18.8 Å². The molecule has 2 unspecified atom stereocenters. The van der Waals surface area contributed by atoms with Crippen molar-refractivity contribution >= 4 is 22.6 Å². The number of hydrogen-bond donors (Lipinski definition) is 1. The van der Waals surface area contributed by atoms with Gasteiger partial charge in [0.15, 0.2) is 0 Å². The molecule has 2 heterocycles. The van der Waals surface area contributed by atoms with E-state index in [2.05, 4.69) is 16.3 Å². The molecule has 1 aliphatic rings. The summed E-state index contributed by atoms with van der Waals surface area (Å²) in [6, 6.07) is -0.443. The summed E-state index contributed by atoms with van der Waals surface area (Å²) in [6.45, 7) is 4.90. The number of carboxylic acid groups (broad SMARTS) is 1. The number of piperidine rings is 1. The first-order chi connectivity index (χ1) is 8.65. The highest BCUT2D eigenvalue weighted by molar-refractivity contribution is 7.09. The van der Waals surface area contributed by atoms with Gasteiger partial charge in [0.05, 0.1) is 0 Å². The largest absolute Gasteiger partial charge is 0.480 e. The van der Waals surface area contributed by atoms with Crippen molar-refractivity contribution in [2.45, 2.75) is 45.6 Å². The molecule has 1 aromatic heterocycles. The Kier molecular flexibility index (Phi) is 4.16. The van der Waals surface area contributed by atoms with E-state index in [9.17, 15) is 9.90 Å². The van der Waals surface area contributed by atoms with E-state index in [0.717, 1.165) is 36.8 Å². The van der Waals surface area contributed by atoms with Crippen LogP contribution in [-0.4, -0.2) is 33.0 Å². The zero-order chi connectivity index (χ0) is 13.1. The molecule has 1 aromatic rings. The number of nitrogens with zero attached hydrogens (tertiary/aromatic N) is 3. The summed E-state index contributed by atoms with van der Waals surface area (Å²) in [5.41, 5.74) is 0. The number of carbonyl (C=O) groups is 1. The van der Waals surface area contributed by atoms with Crippen molar-refractivity contribution in [1.29, 1.82) is 0 Å². The van der Waals surface area contributed by atoms with Crippen molar-refractivity contribution < 1.29 is 9.90 Å². The molecule has 0 saturated carbocycles. The molecule has 0 radical (unpaired) electrons. The summed E-state index contributed by atoms with van der Waals surface area (Å²) < 4.78 is 4.24. The Balaban J connectivity index is 2.17. The lowest BCUT2D eigenvalue weighted by atomic mass is 9.89. The Hall–Kier alpha value is -1.17. The molecular formula is C12H19N3O2S. The molecule has 0 aliphatic carbocycles. The summed E-state index contributed by atoms with van der Waals surface area (Å²) >= 11 is 1.31. The van der Waals surface area contributed by atoms with E-state index >= 15 is 0 Å². The molecule has 0 amide bonds. The minimum Gasteiger partial charge on any atom is -0.480 e. The highest BCUT2D eigenvalue weighted by Crippen LogP contribution is 2.30. The van der Waals surface area contributed by atoms with Gasteiger partial charge in [-0.1, -0.05) is 20.3 Å². The van der Waals surface area contributed by atoms with Crippen LogP contribution >= 0.6 is 11.5 Å². The minimum atomic E-state index is -0.749. The molecule has 0 aromatic carbocycles. The van der Waals surface area contributed by atoms with Crippen LogP contribution in [0.15, 0.2) is 0 Å². The van der Waals surface area contributed by atoms with Crippen LogP contribution in [0.5, 0.6) is 0 Å². The third-order valence-corrected chi connectivity index (χ3v) is 4.38. The van der Waals surface area contributed by atoms with Gasteiger partial charge in [0.1, 0.15) is 11.9 Å². The molecule has 2 atom stereocenters. The molecule has 100 valence electrons. The predicted octanol–water partition coefficient (Wildman–Crippen LogP) is 2.18. The van der Waals surface area contributed by atoms with Gasteiger partial charge in [-0.2, -0.15) is 4.37 Å². The van der Waals surface area contributed by atoms with Crippen LogP contribution in [0.3, 0.4) is 0 Å². The smallest absolute Gasteiger partial charge is 0.326 e. The molecule has 5 nitrogen and oxygen atoms in total. The van der Waals surface area contributed by atoms with Gasteiger partial charge in [0, 0.05) is 24.5 Å². The summed E-state index contributed by atoms with van der Waals surface area (Å²) in [5.74, 6) is 0.569. The Morgan fingerprint density at radius 2 is 2.33 bits per heavy atom. The average molecular weight is 269 g/mol. The number of hydrogen-bond acceptors (Lipinski definition) is 5. The Morgan fingerprint density at radius 3 is 2.89 bits per heavy atom. The highest BCUT2D eigenvalue weighted by atomic mass is 32.1. The first-order valence-corrected chi connectivity index (χ1v) is 7.25. The molecule has 0 bridgehead atoms. The molecule has 0 spiro atoms. The van der Waals surface area contributed by atoms with Crippen LogP contribution in [0.1, 0.15) is 38.9 Å². The number of anilines is 1. The van der Waals surface area contributed by atoms with Crippen molar-refractivity contribution in [2.75, 3.05) is 11.4 Å². The quantitative estimate of drug-likeness (QED) is 0.907. The maximum absolute atomic E-state index is 11.4. The van der Waals surface area contributed by atoms with Crippen molar-refractivity contribution in [3.05, 3.63) is 5.82 Å². The molecule has 18 heavy (non-hydrogen) atoms. The van der Waals surface area contributed by atoms with E-state index in [1.165, 1.54) is 11.5 Å². The van der Waals surface area contributed by atoms with Crippen LogP contribution in [0.4, 0.5) is 5.13 Å². The topological polar surface area (TPSA) is 66.3 Å². The van der Waals surface area contributed by atoms with Crippen LogP contribution in [0.25, 0.3) is 0 Å². The summed E-state index contributed by atoms with van der Waals surface area (Å²) in [6.07, 6.45) is 3.60. The Morgan fingerprint density at radius 1 is 1.56 bits per heavy atom. The van der Waals surface area contributed by atoms with Crippen molar-refractivity contribution in [1.82, 2.24) is 9.36 Å². The van der Waals surface area contributed by atoms with E-state index in [1.54, 1.807) is 0 Å². The number of carboxylic acids is 1. The van der Waals surface area contributed by atoms with E-state index in [0.29, 0.717) is 12.3 Å². The third kappa shape index (κ3) is 2.63. The van der Waals surface area contributed by atoms with Crippen LogP contribution in [0, 0.1) is 5.92 Å². The van der Waals surface area contributed by atoms with Crippen molar-refractivity contribution in [3.63, 3.8) is 0 Å². The second kappa shape index (κ2) is 5.65. The van der Waals surface area contributed by atoms with Gasteiger partial charge in [0.25, 0.3) is 0 Å². The molecular weight excluding hydrogens is 250 g/mol. The van der Waals surface area contributed by atoms with Crippen molar-refractivity contribution in [2.24, 2.45) is 5.92 Å². The van der Waals surface area contributed by atoms with E-state index < -0.39 is 12.0 Å². The summed E-state index contributed by atoms with van der Waals surface area (Å²) in [7, 11) is 0. The number of rotatable bonds is 4. The van der Waals surface area contributed by atoms with Gasteiger partial charge in [-0.25, -0.2) is 9.78 Å². The first-order valence-electron chi connectivity index (χ1n) is 6.47. The molecule has 1 aliphatic heterocycles. The second-order valence-electron chi connectivity index (χ2n) is 4.69. The lowest BCUT2D eigenvalue weighted by molar-refractivity contribution is -0.139. The SMILES string of the molecule is CCc1nsc(N2CCC(CC)CC2C(=O)O)n1. The van der Waals surface area contributed by atoms with Gasteiger partial charge in [0.2, 0.25) is 5.13 Å². The maximum atomic E-state index is 11.4. The monoisotopic (exact) mass is 269 g/mol. The minimum absolute atomic E-state index is 0.443. The van der Waals surface area contributed by atoms with Gasteiger partial charge in [-0.3, -0.25) is 0 Å². The van der Waals surface area contributed by atoms with Crippen LogP contribution in [0.2, 0.25) is 0 Å². The standard InChI is InChI=1S/C12H19N3O2S/c1-3-8-5-6-15(9(7-8)11(16)17)12-13-10(4-2)14-18-12/h8-9H,3-7H2,1-2H3,(H,16,17). The molecule has 1 fully saturated rings. The van der Waals surface area contributed by atoms with Gasteiger partial charge in [-0.15, -0.1) is 0 Å². The highest BCUT2D eigenvalue weighted by Gasteiger charge is 2.34. The molecule has 1 saturated heterocycles. The van der Waals surface area contributed by atoms with E-state index in [1.807, 2.05) is 11.8 Å². The molecule has 6 heteroatoms. The lowest BCUT2D eigenvalue weighted by Crippen LogP contribution is -2.47. The fourth-order valence-electron chi connectivity index (χ4n) is 2.38. The maximum Gasteiger partial charge on any atom is 0.326 e. The second-order valence-corrected chi connectivity index (χ2v) is 5.42.